The van der Waals surface area contributed by atoms with Crippen molar-refractivity contribution in [2.24, 2.45) is 16.3 Å². The quantitative estimate of drug-likeness (QED) is 0.445. The molecule has 1 saturated carbocycles. The van der Waals surface area contributed by atoms with Crippen LogP contribution in [0.25, 0.3) is 0 Å². The molecule has 1 aromatic rings. The zero-order valence-corrected chi connectivity index (χ0v) is 18.3. The van der Waals surface area contributed by atoms with Gasteiger partial charge in [-0.1, -0.05) is 20.3 Å². The Morgan fingerprint density at radius 2 is 2.07 bits per heavy atom. The van der Waals surface area contributed by atoms with Crippen molar-refractivity contribution in [3.8, 4) is 5.88 Å². The Morgan fingerprint density at radius 3 is 2.68 bits per heavy atom. The Labute approximate surface area is 170 Å². The molecule has 1 atom stereocenters. The van der Waals surface area contributed by atoms with Gasteiger partial charge in [0.15, 0.2) is 5.96 Å². The molecule has 1 fully saturated rings. The van der Waals surface area contributed by atoms with Gasteiger partial charge < -0.3 is 20.1 Å². The smallest absolute Gasteiger partial charge is 0.213 e. The predicted molar refractivity (Wildman–Crippen MR) is 115 cm³/mol. The summed E-state index contributed by atoms with van der Waals surface area (Å²) in [6, 6.07) is 4.01. The lowest BCUT2D eigenvalue weighted by Crippen LogP contribution is -2.46. The Balaban J connectivity index is 1.82. The second-order valence-electron chi connectivity index (χ2n) is 8.44. The monoisotopic (exact) mass is 390 g/mol. The molecule has 6 heteroatoms. The van der Waals surface area contributed by atoms with Crippen molar-refractivity contribution in [1.82, 2.24) is 15.6 Å². The Hall–Kier alpha value is -1.82. The molecule has 0 amide bonds. The van der Waals surface area contributed by atoms with Gasteiger partial charge in [0.1, 0.15) is 0 Å². The van der Waals surface area contributed by atoms with Crippen molar-refractivity contribution in [1.29, 1.82) is 0 Å². The van der Waals surface area contributed by atoms with E-state index in [9.17, 15) is 0 Å². The summed E-state index contributed by atoms with van der Waals surface area (Å²) in [5.74, 6) is 2.12. The lowest BCUT2D eigenvalue weighted by molar-refractivity contribution is 0.0732. The van der Waals surface area contributed by atoms with Crippen LogP contribution in [-0.2, 0) is 11.3 Å². The summed E-state index contributed by atoms with van der Waals surface area (Å²) in [6.07, 6.45) is 7.93. The summed E-state index contributed by atoms with van der Waals surface area (Å²) < 4.78 is 11.2. The summed E-state index contributed by atoms with van der Waals surface area (Å²) in [5.41, 5.74) is 1.49. The molecule has 0 aromatic carbocycles. The molecule has 1 aliphatic rings. The van der Waals surface area contributed by atoms with Gasteiger partial charge in [-0.3, -0.25) is 4.99 Å². The third-order valence-electron chi connectivity index (χ3n) is 5.49. The van der Waals surface area contributed by atoms with Gasteiger partial charge in [-0.2, -0.15) is 0 Å². The molecular weight excluding hydrogens is 352 g/mol. The number of ether oxygens (including phenoxy) is 2. The van der Waals surface area contributed by atoms with Crippen LogP contribution in [0, 0.1) is 11.3 Å². The van der Waals surface area contributed by atoms with E-state index in [4.69, 9.17) is 9.47 Å². The van der Waals surface area contributed by atoms with Crippen molar-refractivity contribution < 1.29 is 9.47 Å². The Kier molecular flexibility index (Phi) is 9.03. The van der Waals surface area contributed by atoms with Gasteiger partial charge in [-0.25, -0.2) is 4.98 Å². The largest absolute Gasteiger partial charge is 0.475 e. The maximum absolute atomic E-state index is 5.95. The molecule has 0 saturated heterocycles. The van der Waals surface area contributed by atoms with Crippen molar-refractivity contribution in [2.45, 2.75) is 65.5 Å². The molecule has 0 bridgehead atoms. The highest BCUT2D eigenvalue weighted by Gasteiger charge is 2.36. The molecule has 1 aromatic heterocycles. The molecule has 158 valence electrons. The molecule has 0 aliphatic heterocycles. The van der Waals surface area contributed by atoms with Gasteiger partial charge in [-0.05, 0) is 55.6 Å². The van der Waals surface area contributed by atoms with Crippen molar-refractivity contribution in [2.75, 3.05) is 27.3 Å². The third kappa shape index (κ3) is 7.30. The lowest BCUT2D eigenvalue weighted by Gasteiger charge is -2.42. The van der Waals surface area contributed by atoms with E-state index in [-0.39, 0.29) is 6.10 Å². The van der Waals surface area contributed by atoms with Crippen LogP contribution in [0.3, 0.4) is 0 Å². The van der Waals surface area contributed by atoms with Gasteiger partial charge in [0, 0.05) is 46.1 Å². The first kappa shape index (κ1) is 22.5. The molecule has 1 heterocycles. The molecule has 0 radical (unpaired) electrons. The number of methoxy groups -OCH3 is 1. The van der Waals surface area contributed by atoms with E-state index < -0.39 is 0 Å². The maximum atomic E-state index is 5.95. The Bertz CT molecular complexity index is 614. The van der Waals surface area contributed by atoms with E-state index in [0.717, 1.165) is 37.5 Å². The first-order valence-corrected chi connectivity index (χ1v) is 10.5. The number of nitrogens with one attached hydrogen (secondary N) is 2. The Morgan fingerprint density at radius 1 is 1.29 bits per heavy atom. The SMILES string of the molecule is CN=C(NCc1ccnc(OC(C)CC(C)C)c1)NCC1(CCOC)CCC1. The van der Waals surface area contributed by atoms with Crippen molar-refractivity contribution >= 4 is 5.96 Å². The lowest BCUT2D eigenvalue weighted by atomic mass is 9.67. The van der Waals surface area contributed by atoms with Gasteiger partial charge in [0.05, 0.1) is 6.10 Å². The number of pyridine rings is 1. The minimum Gasteiger partial charge on any atom is -0.475 e. The van der Waals surface area contributed by atoms with E-state index in [1.165, 1.54) is 19.3 Å². The molecular formula is C22H38N4O2. The van der Waals surface area contributed by atoms with Crippen LogP contribution in [0.1, 0.15) is 58.4 Å². The van der Waals surface area contributed by atoms with Gasteiger partial charge >= 0.3 is 0 Å². The number of hydrogen-bond donors (Lipinski definition) is 2. The summed E-state index contributed by atoms with van der Waals surface area (Å²) in [4.78, 5) is 8.71. The van der Waals surface area contributed by atoms with Crippen LogP contribution < -0.4 is 15.4 Å². The minimum atomic E-state index is 0.163. The summed E-state index contributed by atoms with van der Waals surface area (Å²) in [6.45, 7) is 8.95. The average Bonchev–Trinajstić information content (AvgIpc) is 2.62. The molecule has 1 unspecified atom stereocenters. The normalized spacial score (nSPS) is 17.1. The maximum Gasteiger partial charge on any atom is 0.213 e. The molecule has 1 aliphatic carbocycles. The van der Waals surface area contributed by atoms with E-state index in [1.54, 1.807) is 13.3 Å². The fourth-order valence-corrected chi connectivity index (χ4v) is 3.73. The summed E-state index contributed by atoms with van der Waals surface area (Å²) >= 11 is 0. The molecule has 0 spiro atoms. The van der Waals surface area contributed by atoms with Crippen LogP contribution in [0.2, 0.25) is 0 Å². The number of aliphatic imine (C=N–C) groups is 1. The van der Waals surface area contributed by atoms with E-state index in [0.29, 0.717) is 23.8 Å². The molecule has 2 N–H and O–H groups in total. The second-order valence-corrected chi connectivity index (χ2v) is 8.44. The highest BCUT2D eigenvalue weighted by Crippen LogP contribution is 2.43. The highest BCUT2D eigenvalue weighted by atomic mass is 16.5. The highest BCUT2D eigenvalue weighted by molar-refractivity contribution is 5.79. The van der Waals surface area contributed by atoms with E-state index in [1.807, 2.05) is 19.2 Å². The predicted octanol–water partition coefficient (Wildman–Crippen LogP) is 3.77. The standard InChI is InChI=1S/C22H38N4O2/c1-17(2)13-18(3)28-20-14-19(7-11-24-20)15-25-21(23-4)26-16-22(8-6-9-22)10-12-27-5/h7,11,14,17-18H,6,8-10,12-13,15-16H2,1-5H3,(H2,23,25,26). The number of guanidine groups is 1. The number of rotatable bonds is 11. The van der Waals surface area contributed by atoms with Gasteiger partial charge in [0.2, 0.25) is 5.88 Å². The van der Waals surface area contributed by atoms with Gasteiger partial charge in [0.25, 0.3) is 0 Å². The van der Waals surface area contributed by atoms with Gasteiger partial charge in [-0.15, -0.1) is 0 Å². The second kappa shape index (κ2) is 11.2. The van der Waals surface area contributed by atoms with Crippen LogP contribution in [0.15, 0.2) is 23.3 Å². The van der Waals surface area contributed by atoms with Crippen LogP contribution in [0.5, 0.6) is 5.88 Å². The van der Waals surface area contributed by atoms with Crippen LogP contribution >= 0.6 is 0 Å². The number of aromatic nitrogens is 1. The fourth-order valence-electron chi connectivity index (χ4n) is 3.73. The zero-order valence-electron chi connectivity index (χ0n) is 18.3. The molecule has 6 nitrogen and oxygen atoms in total. The molecule has 28 heavy (non-hydrogen) atoms. The zero-order chi connectivity index (χ0) is 20.4. The summed E-state index contributed by atoms with van der Waals surface area (Å²) in [5, 5.41) is 6.90. The summed E-state index contributed by atoms with van der Waals surface area (Å²) in [7, 11) is 3.59. The third-order valence-corrected chi connectivity index (χ3v) is 5.49. The first-order chi connectivity index (χ1) is 13.5. The molecule has 2 rings (SSSR count). The number of hydrogen-bond acceptors (Lipinski definition) is 4. The van der Waals surface area contributed by atoms with E-state index in [2.05, 4.69) is 41.4 Å². The van der Waals surface area contributed by atoms with Crippen LogP contribution in [0.4, 0.5) is 0 Å². The van der Waals surface area contributed by atoms with E-state index >= 15 is 0 Å². The number of nitrogens with zero attached hydrogens (tertiary/aromatic N) is 2. The van der Waals surface area contributed by atoms with Crippen molar-refractivity contribution in [3.63, 3.8) is 0 Å². The fraction of sp³-hybridized carbons (Fsp3) is 0.727. The van der Waals surface area contributed by atoms with Crippen molar-refractivity contribution in [3.05, 3.63) is 23.9 Å². The topological polar surface area (TPSA) is 67.8 Å². The minimum absolute atomic E-state index is 0.163. The first-order valence-electron chi connectivity index (χ1n) is 10.5. The van der Waals surface area contributed by atoms with Crippen LogP contribution in [-0.4, -0.2) is 44.4 Å². The average molecular weight is 391 g/mol.